The third kappa shape index (κ3) is 3.52. The second kappa shape index (κ2) is 4.92. The molecule has 7 heteroatoms. The van der Waals surface area contributed by atoms with Crippen LogP contribution in [0.3, 0.4) is 0 Å². The fourth-order valence-electron chi connectivity index (χ4n) is 0.717. The Morgan fingerprint density at radius 1 is 1.67 bits per heavy atom. The highest BCUT2D eigenvalue weighted by atomic mass is 31.1. The summed E-state index contributed by atoms with van der Waals surface area (Å²) in [6.07, 6.45) is 3.66. The minimum absolute atomic E-state index is 0.256. The standard InChI is InChI=1S/C5H8N3O3P/c9-12(10)11-3-1-2-8-5-6-4-7-8/h4-5H,1-3H2/p+1. The predicted octanol–water partition coefficient (Wildman–Crippen LogP) is 0.334. The maximum atomic E-state index is 10.1. The lowest BCUT2D eigenvalue weighted by atomic mass is 10.5. The normalized spacial score (nSPS) is 11.6. The van der Waals surface area contributed by atoms with E-state index in [-0.39, 0.29) is 6.61 Å². The van der Waals surface area contributed by atoms with Crippen molar-refractivity contribution < 1.29 is 14.0 Å². The minimum Gasteiger partial charge on any atom is -0.253 e. The Morgan fingerprint density at radius 2 is 2.50 bits per heavy atom. The Kier molecular flexibility index (Phi) is 3.79. The lowest BCUT2D eigenvalue weighted by molar-refractivity contribution is 0.269. The van der Waals surface area contributed by atoms with E-state index in [4.69, 9.17) is 4.89 Å². The van der Waals surface area contributed by atoms with Gasteiger partial charge in [0.05, 0.1) is 0 Å². The summed E-state index contributed by atoms with van der Waals surface area (Å²) in [6, 6.07) is 0. The molecule has 1 aromatic rings. The monoisotopic (exact) mass is 190 g/mol. The van der Waals surface area contributed by atoms with E-state index in [9.17, 15) is 4.57 Å². The van der Waals surface area contributed by atoms with Crippen molar-refractivity contribution in [3.05, 3.63) is 12.7 Å². The van der Waals surface area contributed by atoms with Crippen LogP contribution in [0.2, 0.25) is 0 Å². The molecule has 0 aliphatic rings. The molecule has 12 heavy (non-hydrogen) atoms. The number of hydrogen-bond donors (Lipinski definition) is 1. The van der Waals surface area contributed by atoms with Gasteiger partial charge in [0.2, 0.25) is 0 Å². The fraction of sp³-hybridized carbons (Fsp3) is 0.600. The van der Waals surface area contributed by atoms with E-state index in [1.165, 1.54) is 6.33 Å². The summed E-state index contributed by atoms with van der Waals surface area (Å²) in [5, 5.41) is 3.85. The van der Waals surface area contributed by atoms with E-state index in [1.807, 2.05) is 0 Å². The molecule has 1 N–H and O–H groups in total. The molecule has 0 spiro atoms. The van der Waals surface area contributed by atoms with E-state index in [2.05, 4.69) is 14.6 Å². The molecule has 66 valence electrons. The zero-order valence-corrected chi connectivity index (χ0v) is 7.22. The Bertz CT molecular complexity index is 238. The summed E-state index contributed by atoms with van der Waals surface area (Å²) in [5.41, 5.74) is 0. The summed E-state index contributed by atoms with van der Waals surface area (Å²) in [5.74, 6) is 0. The molecule has 0 bridgehead atoms. The van der Waals surface area contributed by atoms with Crippen LogP contribution >= 0.6 is 8.25 Å². The SMILES string of the molecule is O=[P+](O)OCCCn1cncn1. The molecule has 0 amide bonds. The van der Waals surface area contributed by atoms with E-state index in [0.717, 1.165) is 0 Å². The van der Waals surface area contributed by atoms with Crippen LogP contribution in [0.15, 0.2) is 12.7 Å². The van der Waals surface area contributed by atoms with Crippen molar-refractivity contribution in [2.45, 2.75) is 13.0 Å². The first-order chi connectivity index (χ1) is 5.79. The second-order valence-electron chi connectivity index (χ2n) is 2.08. The third-order valence-electron chi connectivity index (χ3n) is 1.20. The molecular formula is C5H9N3O3P+. The largest absolute Gasteiger partial charge is 0.694 e. The maximum absolute atomic E-state index is 10.1. The van der Waals surface area contributed by atoms with Crippen LogP contribution in [-0.4, -0.2) is 26.3 Å². The summed E-state index contributed by atoms with van der Waals surface area (Å²) in [7, 11) is -2.46. The van der Waals surface area contributed by atoms with Crippen molar-refractivity contribution in [2.24, 2.45) is 0 Å². The zero-order valence-electron chi connectivity index (χ0n) is 6.33. The molecule has 0 radical (unpaired) electrons. The first-order valence-corrected chi connectivity index (χ1v) is 4.53. The molecule has 0 aliphatic heterocycles. The van der Waals surface area contributed by atoms with E-state index in [0.29, 0.717) is 13.0 Å². The van der Waals surface area contributed by atoms with Crippen LogP contribution in [-0.2, 0) is 15.6 Å². The van der Waals surface area contributed by atoms with Crippen molar-refractivity contribution in [2.75, 3.05) is 6.61 Å². The second-order valence-corrected chi connectivity index (χ2v) is 2.82. The highest BCUT2D eigenvalue weighted by Crippen LogP contribution is 2.14. The number of rotatable bonds is 5. The smallest absolute Gasteiger partial charge is 0.253 e. The molecule has 0 fully saturated rings. The molecule has 0 aliphatic carbocycles. The quantitative estimate of drug-likeness (QED) is 0.534. The van der Waals surface area contributed by atoms with Gasteiger partial charge in [-0.1, -0.05) is 0 Å². The molecule has 0 aromatic carbocycles. The van der Waals surface area contributed by atoms with Crippen molar-refractivity contribution >= 4 is 8.25 Å². The number of aromatic nitrogens is 3. The summed E-state index contributed by atoms with van der Waals surface area (Å²) >= 11 is 0. The summed E-state index contributed by atoms with van der Waals surface area (Å²) in [4.78, 5) is 12.0. The van der Waals surface area contributed by atoms with Crippen LogP contribution < -0.4 is 0 Å². The van der Waals surface area contributed by atoms with Gasteiger partial charge in [0.1, 0.15) is 19.3 Å². The number of aryl methyl sites for hydroxylation is 1. The number of nitrogens with zero attached hydrogens (tertiary/aromatic N) is 3. The van der Waals surface area contributed by atoms with E-state index < -0.39 is 8.25 Å². The van der Waals surface area contributed by atoms with Crippen LogP contribution in [0, 0.1) is 0 Å². The van der Waals surface area contributed by atoms with Gasteiger partial charge in [0, 0.05) is 11.1 Å². The highest BCUT2D eigenvalue weighted by Gasteiger charge is 2.10. The highest BCUT2D eigenvalue weighted by molar-refractivity contribution is 7.32. The van der Waals surface area contributed by atoms with Gasteiger partial charge in [-0.2, -0.15) is 5.10 Å². The predicted molar refractivity (Wildman–Crippen MR) is 40.4 cm³/mol. The van der Waals surface area contributed by atoms with E-state index in [1.54, 1.807) is 11.0 Å². The van der Waals surface area contributed by atoms with Gasteiger partial charge in [-0.05, 0) is 6.42 Å². The average Bonchev–Trinajstić information content (AvgIpc) is 2.49. The van der Waals surface area contributed by atoms with Gasteiger partial charge in [0.15, 0.2) is 0 Å². The molecule has 1 heterocycles. The van der Waals surface area contributed by atoms with Gasteiger partial charge in [-0.25, -0.2) is 4.98 Å². The van der Waals surface area contributed by atoms with Gasteiger partial charge in [-0.3, -0.25) is 4.68 Å². The third-order valence-corrected chi connectivity index (χ3v) is 1.60. The topological polar surface area (TPSA) is 77.2 Å². The molecule has 1 aromatic heterocycles. The summed E-state index contributed by atoms with van der Waals surface area (Å²) < 4.78 is 16.1. The molecule has 6 nitrogen and oxygen atoms in total. The fourth-order valence-corrected chi connectivity index (χ4v) is 1.00. The van der Waals surface area contributed by atoms with E-state index >= 15 is 0 Å². The average molecular weight is 190 g/mol. The van der Waals surface area contributed by atoms with Gasteiger partial charge in [0.25, 0.3) is 0 Å². The minimum atomic E-state index is -2.46. The van der Waals surface area contributed by atoms with Crippen LogP contribution in [0.1, 0.15) is 6.42 Å². The molecule has 1 unspecified atom stereocenters. The summed E-state index contributed by atoms with van der Waals surface area (Å²) in [6.45, 7) is 0.898. The van der Waals surface area contributed by atoms with Crippen molar-refractivity contribution in [1.29, 1.82) is 0 Å². The van der Waals surface area contributed by atoms with Gasteiger partial charge < -0.3 is 0 Å². The molecule has 1 atom stereocenters. The molecule has 0 saturated heterocycles. The van der Waals surface area contributed by atoms with Crippen molar-refractivity contribution in [3.8, 4) is 0 Å². The van der Waals surface area contributed by atoms with Crippen LogP contribution in [0.5, 0.6) is 0 Å². The lowest BCUT2D eigenvalue weighted by Crippen LogP contribution is -2.00. The van der Waals surface area contributed by atoms with Crippen LogP contribution in [0.4, 0.5) is 0 Å². The lowest BCUT2D eigenvalue weighted by Gasteiger charge is -1.94. The molecule has 1 rings (SSSR count). The van der Waals surface area contributed by atoms with Gasteiger partial charge in [-0.15, -0.1) is 9.42 Å². The first-order valence-electron chi connectivity index (χ1n) is 3.40. The molecule has 0 saturated carbocycles. The first kappa shape index (κ1) is 9.25. The Balaban J connectivity index is 2.07. The molecular weight excluding hydrogens is 181 g/mol. The maximum Gasteiger partial charge on any atom is 0.694 e. The van der Waals surface area contributed by atoms with Crippen molar-refractivity contribution in [1.82, 2.24) is 14.8 Å². The van der Waals surface area contributed by atoms with Crippen molar-refractivity contribution in [3.63, 3.8) is 0 Å². The Morgan fingerprint density at radius 3 is 3.08 bits per heavy atom. The number of hydrogen-bond acceptors (Lipinski definition) is 4. The van der Waals surface area contributed by atoms with Gasteiger partial charge >= 0.3 is 8.25 Å². The Labute approximate surface area is 70.1 Å². The van der Waals surface area contributed by atoms with Crippen LogP contribution in [0.25, 0.3) is 0 Å². The zero-order chi connectivity index (χ0) is 8.81. The Hall–Kier alpha value is -0.840.